The maximum Gasteiger partial charge on any atom is 0.407 e. The van der Waals surface area contributed by atoms with E-state index >= 15 is 0 Å². The van der Waals surface area contributed by atoms with Crippen molar-refractivity contribution in [1.29, 1.82) is 0 Å². The summed E-state index contributed by atoms with van der Waals surface area (Å²) in [6.07, 6.45) is -0.0214. The van der Waals surface area contributed by atoms with Crippen LogP contribution in [-0.4, -0.2) is 44.8 Å². The van der Waals surface area contributed by atoms with Gasteiger partial charge in [-0.05, 0) is 27.2 Å². The Kier molecular flexibility index (Phi) is 7.58. The number of alkyl carbamates (subject to hydrolysis) is 1. The molecule has 0 aromatic heterocycles. The number of carbonyl (C=O) groups is 1. The molecule has 0 radical (unpaired) electrons. The summed E-state index contributed by atoms with van der Waals surface area (Å²) in [6, 6.07) is 0. The molecular weight excluding hydrogens is 280 g/mol. The quantitative estimate of drug-likeness (QED) is 0.544. The van der Waals surface area contributed by atoms with Crippen LogP contribution in [0.1, 0.15) is 27.2 Å². The SMILES string of the molecule is CC(C)(C)OC(=O)NCCCNS(=O)(=O)CCCl. The molecule has 0 fully saturated rings. The molecule has 0 heterocycles. The van der Waals surface area contributed by atoms with Crippen LogP contribution in [0.25, 0.3) is 0 Å². The number of hydrogen-bond acceptors (Lipinski definition) is 4. The molecule has 0 aromatic carbocycles. The van der Waals surface area contributed by atoms with Gasteiger partial charge in [0.15, 0.2) is 0 Å². The number of nitrogens with one attached hydrogen (secondary N) is 2. The van der Waals surface area contributed by atoms with E-state index in [-0.39, 0.29) is 18.2 Å². The van der Waals surface area contributed by atoms with Crippen molar-refractivity contribution in [2.45, 2.75) is 32.8 Å². The number of carbonyl (C=O) groups excluding carboxylic acids is 1. The number of sulfonamides is 1. The van der Waals surface area contributed by atoms with Crippen LogP contribution in [0.2, 0.25) is 0 Å². The van der Waals surface area contributed by atoms with E-state index in [1.54, 1.807) is 20.8 Å². The Hall–Kier alpha value is -0.530. The monoisotopic (exact) mass is 300 g/mol. The van der Waals surface area contributed by atoms with E-state index in [0.29, 0.717) is 13.0 Å². The third-order valence-electron chi connectivity index (χ3n) is 1.69. The molecule has 2 N–H and O–H groups in total. The van der Waals surface area contributed by atoms with Gasteiger partial charge in [0, 0.05) is 19.0 Å². The molecule has 0 aliphatic heterocycles. The number of alkyl halides is 1. The second-order valence-corrected chi connectivity index (χ2v) is 6.99. The molecule has 0 saturated heterocycles. The highest BCUT2D eigenvalue weighted by atomic mass is 35.5. The molecule has 0 aliphatic carbocycles. The van der Waals surface area contributed by atoms with Gasteiger partial charge in [-0.25, -0.2) is 17.9 Å². The van der Waals surface area contributed by atoms with Gasteiger partial charge in [-0.1, -0.05) is 0 Å². The Morgan fingerprint density at radius 3 is 2.39 bits per heavy atom. The first-order chi connectivity index (χ1) is 8.16. The molecule has 0 aliphatic rings. The highest BCUT2D eigenvalue weighted by molar-refractivity contribution is 7.89. The molecule has 6 nitrogen and oxygen atoms in total. The van der Waals surface area contributed by atoms with Crippen molar-refractivity contribution in [2.24, 2.45) is 0 Å². The minimum Gasteiger partial charge on any atom is -0.444 e. The second kappa shape index (κ2) is 7.81. The Labute approximate surface area is 113 Å². The zero-order valence-electron chi connectivity index (χ0n) is 11.0. The summed E-state index contributed by atoms with van der Waals surface area (Å²) < 4.78 is 29.8. The third-order valence-corrected chi connectivity index (χ3v) is 3.49. The van der Waals surface area contributed by atoms with E-state index < -0.39 is 21.7 Å². The van der Waals surface area contributed by atoms with Crippen molar-refractivity contribution < 1.29 is 17.9 Å². The van der Waals surface area contributed by atoms with Crippen LogP contribution in [0.15, 0.2) is 0 Å². The van der Waals surface area contributed by atoms with Crippen LogP contribution in [0, 0.1) is 0 Å². The van der Waals surface area contributed by atoms with Gasteiger partial charge in [0.05, 0.1) is 5.75 Å². The van der Waals surface area contributed by atoms with E-state index in [4.69, 9.17) is 16.3 Å². The summed E-state index contributed by atoms with van der Waals surface area (Å²) >= 11 is 5.34. The van der Waals surface area contributed by atoms with E-state index in [2.05, 4.69) is 10.0 Å². The summed E-state index contributed by atoms with van der Waals surface area (Å²) in [5, 5.41) is 2.54. The fourth-order valence-corrected chi connectivity index (χ4v) is 2.41. The predicted octanol–water partition coefficient (Wildman–Crippen LogP) is 1.06. The van der Waals surface area contributed by atoms with Crippen LogP contribution >= 0.6 is 11.6 Å². The smallest absolute Gasteiger partial charge is 0.407 e. The van der Waals surface area contributed by atoms with Gasteiger partial charge >= 0.3 is 6.09 Å². The fraction of sp³-hybridized carbons (Fsp3) is 0.900. The number of halogens is 1. The minimum absolute atomic E-state index is 0.0610. The second-order valence-electron chi connectivity index (χ2n) is 4.68. The maximum absolute atomic E-state index is 11.2. The average molecular weight is 301 g/mol. The molecule has 0 rings (SSSR count). The van der Waals surface area contributed by atoms with Gasteiger partial charge < -0.3 is 10.1 Å². The van der Waals surface area contributed by atoms with Crippen molar-refractivity contribution >= 4 is 27.7 Å². The number of amides is 1. The lowest BCUT2D eigenvalue weighted by Crippen LogP contribution is -2.35. The summed E-state index contributed by atoms with van der Waals surface area (Å²) in [5.41, 5.74) is -0.536. The van der Waals surface area contributed by atoms with Crippen LogP contribution in [0.4, 0.5) is 4.79 Å². The zero-order chi connectivity index (χ0) is 14.2. The van der Waals surface area contributed by atoms with E-state index in [1.165, 1.54) is 0 Å². The van der Waals surface area contributed by atoms with Gasteiger partial charge in [0.25, 0.3) is 0 Å². The Balaban J connectivity index is 3.66. The van der Waals surface area contributed by atoms with Crippen LogP contribution in [0.3, 0.4) is 0 Å². The fourth-order valence-electron chi connectivity index (χ4n) is 0.994. The lowest BCUT2D eigenvalue weighted by atomic mass is 10.2. The van der Waals surface area contributed by atoms with Crippen LogP contribution < -0.4 is 10.0 Å². The van der Waals surface area contributed by atoms with Crippen molar-refractivity contribution in [3.63, 3.8) is 0 Å². The Morgan fingerprint density at radius 2 is 1.89 bits per heavy atom. The molecule has 108 valence electrons. The lowest BCUT2D eigenvalue weighted by molar-refractivity contribution is 0.0527. The summed E-state index contributed by atoms with van der Waals surface area (Å²) in [5.74, 6) is -0.0421. The standard InChI is InChI=1S/C10H21ClN2O4S/c1-10(2,3)17-9(14)12-6-4-7-13-18(15,16)8-5-11/h13H,4-8H2,1-3H3,(H,12,14). The normalized spacial score (nSPS) is 12.2. The predicted molar refractivity (Wildman–Crippen MR) is 71.4 cm³/mol. The maximum atomic E-state index is 11.2. The van der Waals surface area contributed by atoms with Crippen molar-refractivity contribution in [3.05, 3.63) is 0 Å². The average Bonchev–Trinajstić information content (AvgIpc) is 2.13. The molecule has 18 heavy (non-hydrogen) atoms. The number of hydrogen-bond donors (Lipinski definition) is 2. The molecule has 8 heteroatoms. The highest BCUT2D eigenvalue weighted by Crippen LogP contribution is 2.06. The van der Waals surface area contributed by atoms with Gasteiger partial charge in [-0.2, -0.15) is 0 Å². The van der Waals surface area contributed by atoms with Crippen molar-refractivity contribution in [1.82, 2.24) is 10.0 Å². The number of ether oxygens (including phenoxy) is 1. The van der Waals surface area contributed by atoms with Gasteiger partial charge in [0.2, 0.25) is 10.0 Å². The van der Waals surface area contributed by atoms with Gasteiger partial charge in [-0.15, -0.1) is 11.6 Å². The molecular formula is C10H21ClN2O4S. The molecule has 0 atom stereocenters. The van der Waals surface area contributed by atoms with E-state index in [9.17, 15) is 13.2 Å². The minimum atomic E-state index is -3.29. The van der Waals surface area contributed by atoms with Crippen LogP contribution in [-0.2, 0) is 14.8 Å². The molecule has 1 amide bonds. The third kappa shape index (κ3) is 10.6. The van der Waals surface area contributed by atoms with Crippen molar-refractivity contribution in [2.75, 3.05) is 24.7 Å². The highest BCUT2D eigenvalue weighted by Gasteiger charge is 2.15. The molecule has 0 bridgehead atoms. The van der Waals surface area contributed by atoms with E-state index in [0.717, 1.165) is 0 Å². The molecule has 0 aromatic rings. The first kappa shape index (κ1) is 17.5. The van der Waals surface area contributed by atoms with Gasteiger partial charge in [-0.3, -0.25) is 0 Å². The van der Waals surface area contributed by atoms with E-state index in [1.807, 2.05) is 0 Å². The Morgan fingerprint density at radius 1 is 1.28 bits per heavy atom. The zero-order valence-corrected chi connectivity index (χ0v) is 12.5. The van der Waals surface area contributed by atoms with Crippen molar-refractivity contribution in [3.8, 4) is 0 Å². The molecule has 0 saturated carbocycles. The van der Waals surface area contributed by atoms with Crippen LogP contribution in [0.5, 0.6) is 0 Å². The Bertz CT molecular complexity index is 351. The summed E-state index contributed by atoms with van der Waals surface area (Å²) in [4.78, 5) is 11.2. The van der Waals surface area contributed by atoms with Gasteiger partial charge in [0.1, 0.15) is 5.60 Å². The molecule has 0 unspecified atom stereocenters. The molecule has 0 spiro atoms. The summed E-state index contributed by atoms with van der Waals surface area (Å²) in [7, 11) is -3.29. The first-order valence-corrected chi connectivity index (χ1v) is 7.85. The number of rotatable bonds is 7. The first-order valence-electron chi connectivity index (χ1n) is 5.66. The largest absolute Gasteiger partial charge is 0.444 e. The topological polar surface area (TPSA) is 84.5 Å². The summed E-state index contributed by atoms with van der Waals surface area (Å²) in [6.45, 7) is 5.92. The lowest BCUT2D eigenvalue weighted by Gasteiger charge is -2.19.